The van der Waals surface area contributed by atoms with Gasteiger partial charge in [0.05, 0.1) is 6.10 Å². The summed E-state index contributed by atoms with van der Waals surface area (Å²) in [5.74, 6) is 0. The van der Waals surface area contributed by atoms with Crippen LogP contribution in [0, 0.1) is 0 Å². The molecule has 78 valence electrons. The third kappa shape index (κ3) is 3.24. The molecule has 2 nitrogen and oxygen atoms in total. The van der Waals surface area contributed by atoms with Crippen LogP contribution in [0.1, 0.15) is 32.6 Å². The summed E-state index contributed by atoms with van der Waals surface area (Å²) in [7, 11) is 0. The number of hydrogen-bond acceptors (Lipinski definition) is 2. The van der Waals surface area contributed by atoms with Gasteiger partial charge < -0.3 is 5.11 Å². The van der Waals surface area contributed by atoms with Crippen LogP contribution in [0.4, 0.5) is 4.39 Å². The van der Waals surface area contributed by atoms with Gasteiger partial charge >= 0.3 is 0 Å². The molecule has 1 aliphatic rings. The highest BCUT2D eigenvalue weighted by Gasteiger charge is 2.29. The van der Waals surface area contributed by atoms with Gasteiger partial charge in [-0.05, 0) is 12.8 Å². The Kier molecular flexibility index (Phi) is 4.67. The summed E-state index contributed by atoms with van der Waals surface area (Å²) >= 11 is 0. The Hall–Kier alpha value is -0.150. The Morgan fingerprint density at radius 3 is 2.92 bits per heavy atom. The lowest BCUT2D eigenvalue weighted by Gasteiger charge is -2.22. The molecule has 1 saturated heterocycles. The zero-order valence-electron chi connectivity index (χ0n) is 8.38. The summed E-state index contributed by atoms with van der Waals surface area (Å²) in [6.45, 7) is 3.02. The lowest BCUT2D eigenvalue weighted by Crippen LogP contribution is -2.31. The maximum absolute atomic E-state index is 12.1. The minimum atomic E-state index is -0.296. The van der Waals surface area contributed by atoms with Crippen molar-refractivity contribution in [3.63, 3.8) is 0 Å². The topological polar surface area (TPSA) is 23.5 Å². The van der Waals surface area contributed by atoms with Crippen LogP contribution < -0.4 is 0 Å². The monoisotopic (exact) mass is 189 g/mol. The highest BCUT2D eigenvalue weighted by Crippen LogP contribution is 2.21. The number of unbranched alkanes of at least 4 members (excludes halogenated alkanes) is 1. The summed E-state index contributed by atoms with van der Waals surface area (Å²) in [5.41, 5.74) is 0. The SMILES string of the molecule is CCCC[C@H]1C[C@@H](O)CN1CCF. The van der Waals surface area contributed by atoms with Crippen LogP contribution in [0.25, 0.3) is 0 Å². The van der Waals surface area contributed by atoms with Crippen molar-refractivity contribution in [1.29, 1.82) is 0 Å². The molecular weight excluding hydrogens is 169 g/mol. The molecular formula is C10H20FNO. The molecule has 0 amide bonds. The fraction of sp³-hybridized carbons (Fsp3) is 1.00. The first kappa shape index (κ1) is 10.9. The second-order valence-electron chi connectivity index (χ2n) is 3.87. The van der Waals surface area contributed by atoms with E-state index in [-0.39, 0.29) is 12.8 Å². The van der Waals surface area contributed by atoms with Gasteiger partial charge in [0.2, 0.25) is 0 Å². The molecule has 3 heteroatoms. The average molecular weight is 189 g/mol. The Labute approximate surface area is 79.7 Å². The number of likely N-dealkylation sites (tertiary alicyclic amines) is 1. The van der Waals surface area contributed by atoms with Crippen LogP contribution in [0.5, 0.6) is 0 Å². The predicted molar refractivity (Wildman–Crippen MR) is 51.5 cm³/mol. The standard InChI is InChI=1S/C10H20FNO/c1-2-3-4-9-7-10(13)8-12(9)6-5-11/h9-10,13H,2-8H2,1H3/t9-,10+/m0/s1. The summed E-state index contributed by atoms with van der Waals surface area (Å²) < 4.78 is 12.1. The smallest absolute Gasteiger partial charge is 0.102 e. The second kappa shape index (κ2) is 5.55. The third-order valence-corrected chi connectivity index (χ3v) is 2.77. The van der Waals surface area contributed by atoms with Crippen molar-refractivity contribution in [1.82, 2.24) is 4.90 Å². The quantitative estimate of drug-likeness (QED) is 0.710. The lowest BCUT2D eigenvalue weighted by atomic mass is 10.1. The molecule has 1 rings (SSSR count). The maximum Gasteiger partial charge on any atom is 0.102 e. The van der Waals surface area contributed by atoms with Crippen LogP contribution in [0.15, 0.2) is 0 Å². The summed E-state index contributed by atoms with van der Waals surface area (Å²) in [6, 6.07) is 0.422. The maximum atomic E-state index is 12.1. The lowest BCUT2D eigenvalue weighted by molar-refractivity contribution is 0.170. The number of hydrogen-bond donors (Lipinski definition) is 1. The average Bonchev–Trinajstić information content (AvgIpc) is 2.44. The van der Waals surface area contributed by atoms with Gasteiger partial charge in [0.25, 0.3) is 0 Å². The molecule has 0 spiro atoms. The van der Waals surface area contributed by atoms with E-state index in [2.05, 4.69) is 11.8 Å². The van der Waals surface area contributed by atoms with Crippen molar-refractivity contribution in [2.75, 3.05) is 19.8 Å². The zero-order valence-corrected chi connectivity index (χ0v) is 8.38. The molecule has 13 heavy (non-hydrogen) atoms. The minimum Gasteiger partial charge on any atom is -0.392 e. The normalized spacial score (nSPS) is 29.8. The summed E-state index contributed by atoms with van der Waals surface area (Å²) in [6.07, 6.45) is 4.07. The number of aliphatic hydroxyl groups excluding tert-OH is 1. The molecule has 0 unspecified atom stereocenters. The Morgan fingerprint density at radius 2 is 2.31 bits per heavy atom. The van der Waals surface area contributed by atoms with Crippen molar-refractivity contribution < 1.29 is 9.50 Å². The zero-order chi connectivity index (χ0) is 9.68. The third-order valence-electron chi connectivity index (χ3n) is 2.77. The van der Waals surface area contributed by atoms with Gasteiger partial charge in [0.15, 0.2) is 0 Å². The van der Waals surface area contributed by atoms with E-state index in [9.17, 15) is 9.50 Å². The molecule has 1 aliphatic heterocycles. The Morgan fingerprint density at radius 1 is 1.54 bits per heavy atom. The number of β-amino-alcohol motifs (C(OH)–C–C–N with tert-alkyl or cyclic N) is 1. The first-order valence-electron chi connectivity index (χ1n) is 5.26. The van der Waals surface area contributed by atoms with Gasteiger partial charge in [0, 0.05) is 19.1 Å². The van der Waals surface area contributed by atoms with Crippen LogP contribution >= 0.6 is 0 Å². The van der Waals surface area contributed by atoms with Crippen molar-refractivity contribution in [3.05, 3.63) is 0 Å². The molecule has 1 N–H and O–H groups in total. The number of halogens is 1. The van der Waals surface area contributed by atoms with Crippen molar-refractivity contribution in [2.24, 2.45) is 0 Å². The summed E-state index contributed by atoms with van der Waals surface area (Å²) in [5, 5.41) is 9.43. The first-order chi connectivity index (χ1) is 6.27. The second-order valence-corrected chi connectivity index (χ2v) is 3.87. The number of rotatable bonds is 5. The van der Waals surface area contributed by atoms with E-state index in [1.165, 1.54) is 12.8 Å². The molecule has 0 aromatic heterocycles. The predicted octanol–water partition coefficient (Wildman–Crippen LogP) is 1.58. The first-order valence-corrected chi connectivity index (χ1v) is 5.26. The summed E-state index contributed by atoms with van der Waals surface area (Å²) in [4.78, 5) is 2.08. The van der Waals surface area contributed by atoms with E-state index in [0.29, 0.717) is 19.1 Å². The molecule has 0 aliphatic carbocycles. The number of nitrogens with zero attached hydrogens (tertiary/aromatic N) is 1. The molecule has 1 heterocycles. The van der Waals surface area contributed by atoms with Gasteiger partial charge in [-0.3, -0.25) is 4.90 Å². The van der Waals surface area contributed by atoms with E-state index in [1.54, 1.807) is 0 Å². The van der Waals surface area contributed by atoms with E-state index in [0.717, 1.165) is 12.8 Å². The molecule has 1 fully saturated rings. The number of alkyl halides is 1. The fourth-order valence-corrected chi connectivity index (χ4v) is 2.08. The van der Waals surface area contributed by atoms with Gasteiger partial charge in [-0.1, -0.05) is 19.8 Å². The molecule has 0 aromatic carbocycles. The van der Waals surface area contributed by atoms with E-state index in [1.807, 2.05) is 0 Å². The Balaban J connectivity index is 2.31. The van der Waals surface area contributed by atoms with Gasteiger partial charge in [-0.25, -0.2) is 4.39 Å². The Bertz CT molecular complexity index is 143. The van der Waals surface area contributed by atoms with Crippen LogP contribution in [-0.4, -0.2) is 41.9 Å². The highest BCUT2D eigenvalue weighted by molar-refractivity contribution is 4.84. The molecule has 2 atom stereocenters. The van der Waals surface area contributed by atoms with E-state index < -0.39 is 0 Å². The van der Waals surface area contributed by atoms with Crippen LogP contribution in [0.2, 0.25) is 0 Å². The van der Waals surface area contributed by atoms with Crippen LogP contribution in [0.3, 0.4) is 0 Å². The molecule has 0 radical (unpaired) electrons. The molecule has 0 saturated carbocycles. The van der Waals surface area contributed by atoms with Gasteiger partial charge in [0.1, 0.15) is 6.67 Å². The van der Waals surface area contributed by atoms with E-state index in [4.69, 9.17) is 0 Å². The van der Waals surface area contributed by atoms with Crippen molar-refractivity contribution >= 4 is 0 Å². The van der Waals surface area contributed by atoms with Gasteiger partial charge in [-0.15, -0.1) is 0 Å². The minimum absolute atomic E-state index is 0.228. The van der Waals surface area contributed by atoms with Gasteiger partial charge in [-0.2, -0.15) is 0 Å². The fourth-order valence-electron chi connectivity index (χ4n) is 2.08. The highest BCUT2D eigenvalue weighted by atomic mass is 19.1. The van der Waals surface area contributed by atoms with E-state index >= 15 is 0 Å². The number of aliphatic hydroxyl groups is 1. The molecule has 0 bridgehead atoms. The molecule has 0 aromatic rings. The van der Waals surface area contributed by atoms with Crippen molar-refractivity contribution in [2.45, 2.75) is 44.8 Å². The largest absolute Gasteiger partial charge is 0.392 e. The van der Waals surface area contributed by atoms with Crippen LogP contribution in [-0.2, 0) is 0 Å². The van der Waals surface area contributed by atoms with Crippen molar-refractivity contribution in [3.8, 4) is 0 Å².